The number of nitrogens with one attached hydrogen (secondary N) is 2. The van der Waals surface area contributed by atoms with Crippen LogP contribution in [0.15, 0.2) is 59.5 Å². The number of rotatable bonds is 6. The van der Waals surface area contributed by atoms with Crippen LogP contribution in [0.25, 0.3) is 0 Å². The smallest absolute Gasteiger partial charge is 0.224 e. The van der Waals surface area contributed by atoms with Crippen molar-refractivity contribution in [2.75, 3.05) is 7.05 Å². The van der Waals surface area contributed by atoms with Crippen molar-refractivity contribution < 1.29 is 9.00 Å². The van der Waals surface area contributed by atoms with E-state index in [0.717, 1.165) is 11.1 Å². The minimum atomic E-state index is -1.39. The lowest BCUT2D eigenvalue weighted by Gasteiger charge is -2.24. The van der Waals surface area contributed by atoms with Crippen LogP contribution in [0.1, 0.15) is 24.1 Å². The van der Waals surface area contributed by atoms with E-state index in [9.17, 15) is 9.00 Å². The molecule has 2 rings (SSSR count). The maximum atomic E-state index is 12.6. The van der Waals surface area contributed by atoms with Gasteiger partial charge in [0.1, 0.15) is 11.0 Å². The number of carbonyl (C=O) groups is 1. The summed E-state index contributed by atoms with van der Waals surface area (Å²) in [6.45, 7) is 3.82. The van der Waals surface area contributed by atoms with Crippen LogP contribution >= 0.6 is 0 Å². The first kappa shape index (κ1) is 17.4. The molecular weight excluding hydrogens is 308 g/mol. The average molecular weight is 330 g/mol. The highest BCUT2D eigenvalue weighted by Crippen LogP contribution is 2.23. The van der Waals surface area contributed by atoms with Crippen LogP contribution in [0.2, 0.25) is 0 Å². The molecule has 3 atom stereocenters. The van der Waals surface area contributed by atoms with Gasteiger partial charge in [-0.1, -0.05) is 55.0 Å². The molecule has 2 aromatic carbocycles. The SMILES string of the molecule is CNC(=O)[C@@H](C)[C@@H](N[S@@](=O)c1ccc(C)cc1)c1ccccc1. The number of carbonyl (C=O) groups excluding carboxylic acids is 1. The molecule has 5 heteroatoms. The third kappa shape index (κ3) is 4.50. The van der Waals surface area contributed by atoms with Crippen molar-refractivity contribution in [2.45, 2.75) is 24.8 Å². The van der Waals surface area contributed by atoms with Crippen LogP contribution in [0.5, 0.6) is 0 Å². The van der Waals surface area contributed by atoms with Gasteiger partial charge in [-0.15, -0.1) is 0 Å². The van der Waals surface area contributed by atoms with E-state index in [1.807, 2.05) is 68.4 Å². The quantitative estimate of drug-likeness (QED) is 0.855. The Kier molecular flexibility index (Phi) is 6.07. The lowest BCUT2D eigenvalue weighted by atomic mass is 9.95. The molecule has 2 aromatic rings. The zero-order valence-electron chi connectivity index (χ0n) is 13.6. The Morgan fingerprint density at radius 1 is 1.04 bits per heavy atom. The fraction of sp³-hybridized carbons (Fsp3) is 0.278. The fourth-order valence-corrected chi connectivity index (χ4v) is 3.43. The molecular formula is C18H22N2O2S. The first-order chi connectivity index (χ1) is 11.0. The molecule has 1 amide bonds. The minimum Gasteiger partial charge on any atom is -0.359 e. The predicted octanol–water partition coefficient (Wildman–Crippen LogP) is 2.73. The summed E-state index contributed by atoms with van der Waals surface area (Å²) in [5.74, 6) is -0.441. The van der Waals surface area contributed by atoms with E-state index in [4.69, 9.17) is 0 Å². The highest BCUT2D eigenvalue weighted by atomic mass is 32.2. The Morgan fingerprint density at radius 2 is 1.65 bits per heavy atom. The van der Waals surface area contributed by atoms with Gasteiger partial charge in [0.05, 0.1) is 16.9 Å². The minimum absolute atomic E-state index is 0.0905. The van der Waals surface area contributed by atoms with E-state index in [0.29, 0.717) is 4.90 Å². The number of hydrogen-bond acceptors (Lipinski definition) is 2. The Hall–Kier alpha value is -1.98. The predicted molar refractivity (Wildman–Crippen MR) is 93.1 cm³/mol. The summed E-state index contributed by atoms with van der Waals surface area (Å²) in [6, 6.07) is 16.8. The Bertz CT molecular complexity index is 671. The van der Waals surface area contributed by atoms with Crippen molar-refractivity contribution in [3.8, 4) is 0 Å². The molecule has 0 aliphatic carbocycles. The summed E-state index contributed by atoms with van der Waals surface area (Å²) < 4.78 is 15.7. The van der Waals surface area contributed by atoms with Crippen molar-refractivity contribution >= 4 is 16.9 Å². The third-order valence-electron chi connectivity index (χ3n) is 3.79. The summed E-state index contributed by atoms with van der Waals surface area (Å²) in [5.41, 5.74) is 2.05. The van der Waals surface area contributed by atoms with E-state index in [-0.39, 0.29) is 17.9 Å². The summed E-state index contributed by atoms with van der Waals surface area (Å²) in [4.78, 5) is 12.7. The van der Waals surface area contributed by atoms with Crippen LogP contribution in [-0.2, 0) is 15.8 Å². The van der Waals surface area contributed by atoms with E-state index in [1.165, 1.54) is 0 Å². The Balaban J connectivity index is 2.25. The van der Waals surface area contributed by atoms with Gasteiger partial charge in [0, 0.05) is 7.05 Å². The molecule has 4 nitrogen and oxygen atoms in total. The van der Waals surface area contributed by atoms with Crippen molar-refractivity contribution in [3.63, 3.8) is 0 Å². The molecule has 0 heterocycles. The van der Waals surface area contributed by atoms with E-state index >= 15 is 0 Å². The Labute approximate surface area is 139 Å². The van der Waals surface area contributed by atoms with Gasteiger partial charge in [-0.3, -0.25) is 4.79 Å². The molecule has 0 aliphatic heterocycles. The molecule has 23 heavy (non-hydrogen) atoms. The molecule has 0 aliphatic rings. The van der Waals surface area contributed by atoms with Gasteiger partial charge < -0.3 is 5.32 Å². The van der Waals surface area contributed by atoms with Gasteiger partial charge in [0.15, 0.2) is 0 Å². The van der Waals surface area contributed by atoms with Gasteiger partial charge in [0.2, 0.25) is 5.91 Å². The normalized spacial score (nSPS) is 14.7. The molecule has 0 radical (unpaired) electrons. The number of hydrogen-bond donors (Lipinski definition) is 2. The lowest BCUT2D eigenvalue weighted by Crippen LogP contribution is -2.37. The molecule has 0 bridgehead atoms. The van der Waals surface area contributed by atoms with Gasteiger partial charge in [-0.25, -0.2) is 8.93 Å². The van der Waals surface area contributed by atoms with Crippen LogP contribution in [0, 0.1) is 12.8 Å². The van der Waals surface area contributed by atoms with Crippen LogP contribution < -0.4 is 10.0 Å². The molecule has 2 N–H and O–H groups in total. The fourth-order valence-electron chi connectivity index (χ4n) is 2.34. The van der Waals surface area contributed by atoms with Crippen molar-refractivity contribution in [1.82, 2.24) is 10.0 Å². The molecule has 0 saturated carbocycles. The van der Waals surface area contributed by atoms with Gasteiger partial charge in [-0.05, 0) is 24.6 Å². The molecule has 0 unspecified atom stereocenters. The highest BCUT2D eigenvalue weighted by Gasteiger charge is 2.26. The zero-order chi connectivity index (χ0) is 16.8. The number of aryl methyl sites for hydroxylation is 1. The van der Waals surface area contributed by atoms with E-state index in [2.05, 4.69) is 10.0 Å². The average Bonchev–Trinajstić information content (AvgIpc) is 2.59. The monoisotopic (exact) mass is 330 g/mol. The number of amides is 1. The zero-order valence-corrected chi connectivity index (χ0v) is 14.4. The molecule has 0 aromatic heterocycles. The third-order valence-corrected chi connectivity index (χ3v) is 4.96. The largest absolute Gasteiger partial charge is 0.359 e. The van der Waals surface area contributed by atoms with E-state index in [1.54, 1.807) is 7.05 Å². The lowest BCUT2D eigenvalue weighted by molar-refractivity contribution is -0.124. The molecule has 122 valence electrons. The van der Waals surface area contributed by atoms with Gasteiger partial charge in [-0.2, -0.15) is 0 Å². The van der Waals surface area contributed by atoms with Crippen LogP contribution in [0.3, 0.4) is 0 Å². The van der Waals surface area contributed by atoms with Gasteiger partial charge >= 0.3 is 0 Å². The summed E-state index contributed by atoms with van der Waals surface area (Å²) in [7, 11) is 0.218. The van der Waals surface area contributed by atoms with Crippen molar-refractivity contribution in [2.24, 2.45) is 5.92 Å². The second kappa shape index (κ2) is 8.04. The first-order valence-corrected chi connectivity index (χ1v) is 8.69. The van der Waals surface area contributed by atoms with Crippen molar-refractivity contribution in [1.29, 1.82) is 0 Å². The summed E-state index contributed by atoms with van der Waals surface area (Å²) >= 11 is 0. The molecule has 0 spiro atoms. The first-order valence-electron chi connectivity index (χ1n) is 7.54. The maximum absolute atomic E-state index is 12.6. The number of benzene rings is 2. The topological polar surface area (TPSA) is 58.2 Å². The summed E-state index contributed by atoms with van der Waals surface area (Å²) in [6.07, 6.45) is 0. The second-order valence-corrected chi connectivity index (χ2v) is 6.74. The summed E-state index contributed by atoms with van der Waals surface area (Å²) in [5, 5.41) is 2.66. The standard InChI is InChI=1S/C18H22N2O2S/c1-13-9-11-16(12-10-13)23(22)20-17(14(2)18(21)19-3)15-7-5-4-6-8-15/h4-12,14,17,20H,1-3H3,(H,19,21)/t14-,17+,23-/m0/s1. The maximum Gasteiger partial charge on any atom is 0.224 e. The van der Waals surface area contributed by atoms with Crippen molar-refractivity contribution in [3.05, 3.63) is 65.7 Å². The highest BCUT2D eigenvalue weighted by molar-refractivity contribution is 7.83. The van der Waals surface area contributed by atoms with Gasteiger partial charge in [0.25, 0.3) is 0 Å². The molecule has 0 fully saturated rings. The Morgan fingerprint density at radius 3 is 2.22 bits per heavy atom. The second-order valence-electron chi connectivity index (χ2n) is 5.49. The van der Waals surface area contributed by atoms with E-state index < -0.39 is 11.0 Å². The molecule has 0 saturated heterocycles. The van der Waals surface area contributed by atoms with Crippen LogP contribution in [-0.4, -0.2) is 17.2 Å². The van der Waals surface area contributed by atoms with Crippen LogP contribution in [0.4, 0.5) is 0 Å².